The third-order valence-corrected chi connectivity index (χ3v) is 3.08. The molecule has 0 N–H and O–H groups in total. The summed E-state index contributed by atoms with van der Waals surface area (Å²) in [6, 6.07) is 1.06. The molecule has 0 bridgehead atoms. The summed E-state index contributed by atoms with van der Waals surface area (Å²) in [5.41, 5.74) is 0.643. The number of aromatic nitrogens is 1. The number of rotatable bonds is 2. The first-order chi connectivity index (χ1) is 8.63. The minimum absolute atomic E-state index is 0.170. The van der Waals surface area contributed by atoms with Gasteiger partial charge in [0.05, 0.1) is 12.8 Å². The average molecular weight is 252 g/mol. The van der Waals surface area contributed by atoms with Gasteiger partial charge in [-0.1, -0.05) is 5.16 Å². The van der Waals surface area contributed by atoms with Crippen molar-refractivity contribution in [1.82, 2.24) is 10.1 Å². The van der Waals surface area contributed by atoms with Gasteiger partial charge in [-0.2, -0.15) is 0 Å². The number of ether oxygens (including phenoxy) is 1. The van der Waals surface area contributed by atoms with E-state index in [2.05, 4.69) is 5.16 Å². The molecular formula is C12H16N2O4. The van der Waals surface area contributed by atoms with Crippen LogP contribution in [0.4, 0.5) is 0 Å². The fraction of sp³-hybridized carbons (Fsp3) is 0.583. The monoisotopic (exact) mass is 252 g/mol. The lowest BCUT2D eigenvalue weighted by molar-refractivity contribution is -0.147. The molecule has 1 aliphatic rings. The molecule has 2 rings (SSSR count). The molecule has 18 heavy (non-hydrogen) atoms. The van der Waals surface area contributed by atoms with Crippen LogP contribution in [0.5, 0.6) is 0 Å². The number of likely N-dealkylation sites (tertiary alicyclic amines) is 1. The highest BCUT2D eigenvalue weighted by Gasteiger charge is 2.34. The normalized spacial score (nSPS) is 19.7. The van der Waals surface area contributed by atoms with Gasteiger partial charge in [0, 0.05) is 12.6 Å². The zero-order valence-electron chi connectivity index (χ0n) is 10.5. The van der Waals surface area contributed by atoms with E-state index in [1.165, 1.54) is 12.0 Å². The van der Waals surface area contributed by atoms with E-state index in [9.17, 15) is 9.59 Å². The Morgan fingerprint density at radius 2 is 2.28 bits per heavy atom. The molecule has 98 valence electrons. The van der Waals surface area contributed by atoms with Gasteiger partial charge in [-0.25, -0.2) is 4.79 Å². The molecule has 2 heterocycles. The highest BCUT2D eigenvalue weighted by atomic mass is 16.5. The fourth-order valence-corrected chi connectivity index (χ4v) is 2.16. The molecule has 0 radical (unpaired) electrons. The van der Waals surface area contributed by atoms with Crippen LogP contribution in [-0.4, -0.2) is 41.6 Å². The second-order valence-corrected chi connectivity index (χ2v) is 4.37. The van der Waals surface area contributed by atoms with Gasteiger partial charge in [-0.3, -0.25) is 4.79 Å². The van der Waals surface area contributed by atoms with Crippen molar-refractivity contribution in [2.75, 3.05) is 13.7 Å². The first kappa shape index (κ1) is 12.6. The van der Waals surface area contributed by atoms with Crippen LogP contribution in [0, 0.1) is 6.92 Å². The van der Waals surface area contributed by atoms with Crippen LogP contribution in [0.25, 0.3) is 0 Å². The number of esters is 1. The smallest absolute Gasteiger partial charge is 0.328 e. The van der Waals surface area contributed by atoms with Gasteiger partial charge >= 0.3 is 5.97 Å². The van der Waals surface area contributed by atoms with Crippen molar-refractivity contribution < 1.29 is 18.8 Å². The first-order valence-electron chi connectivity index (χ1n) is 5.95. The number of aryl methyl sites for hydroxylation is 1. The zero-order chi connectivity index (χ0) is 13.1. The molecule has 0 aromatic carbocycles. The van der Waals surface area contributed by atoms with E-state index >= 15 is 0 Å². The third-order valence-electron chi connectivity index (χ3n) is 3.08. The minimum atomic E-state index is -0.512. The van der Waals surface area contributed by atoms with E-state index in [1.807, 2.05) is 0 Å². The molecule has 1 amide bonds. The number of amides is 1. The maximum Gasteiger partial charge on any atom is 0.328 e. The summed E-state index contributed by atoms with van der Waals surface area (Å²) in [4.78, 5) is 25.4. The van der Waals surface area contributed by atoms with E-state index in [-0.39, 0.29) is 17.6 Å². The molecular weight excluding hydrogens is 236 g/mol. The Bertz CT molecular complexity index is 455. The Morgan fingerprint density at radius 3 is 2.89 bits per heavy atom. The van der Waals surface area contributed by atoms with Gasteiger partial charge in [0.1, 0.15) is 6.04 Å². The van der Waals surface area contributed by atoms with Crippen LogP contribution in [0.15, 0.2) is 10.6 Å². The number of hydrogen-bond donors (Lipinski definition) is 0. The quantitative estimate of drug-likeness (QED) is 0.738. The summed E-state index contributed by atoms with van der Waals surface area (Å²) < 4.78 is 9.68. The lowest BCUT2D eigenvalue weighted by Crippen LogP contribution is -2.48. The molecule has 6 heteroatoms. The molecule has 1 saturated heterocycles. The average Bonchev–Trinajstić information content (AvgIpc) is 2.83. The Morgan fingerprint density at radius 1 is 1.50 bits per heavy atom. The van der Waals surface area contributed by atoms with Crippen LogP contribution in [0.1, 0.15) is 35.5 Å². The summed E-state index contributed by atoms with van der Waals surface area (Å²) >= 11 is 0. The van der Waals surface area contributed by atoms with Crippen LogP contribution >= 0.6 is 0 Å². The van der Waals surface area contributed by atoms with Crippen molar-refractivity contribution in [2.24, 2.45) is 0 Å². The van der Waals surface area contributed by atoms with Gasteiger partial charge in [-0.15, -0.1) is 0 Å². The number of piperidine rings is 1. The predicted molar refractivity (Wildman–Crippen MR) is 61.9 cm³/mol. The minimum Gasteiger partial charge on any atom is -0.467 e. The lowest BCUT2D eigenvalue weighted by atomic mass is 10.0. The highest BCUT2D eigenvalue weighted by Crippen LogP contribution is 2.20. The molecule has 1 aromatic rings. The topological polar surface area (TPSA) is 72.6 Å². The Kier molecular flexibility index (Phi) is 3.64. The molecule has 1 aromatic heterocycles. The maximum absolute atomic E-state index is 12.2. The third kappa shape index (κ3) is 2.37. The van der Waals surface area contributed by atoms with Gasteiger partial charge in [-0.05, 0) is 26.2 Å². The summed E-state index contributed by atoms with van der Waals surface area (Å²) in [6.45, 7) is 2.28. The number of nitrogens with zero attached hydrogens (tertiary/aromatic N) is 2. The predicted octanol–water partition coefficient (Wildman–Crippen LogP) is 1.15. The molecule has 1 atom stereocenters. The maximum atomic E-state index is 12.2. The van der Waals surface area contributed by atoms with Gasteiger partial charge in [0.2, 0.25) is 5.76 Å². The second kappa shape index (κ2) is 5.20. The number of carbonyl (C=O) groups is 2. The molecule has 1 fully saturated rings. The van der Waals surface area contributed by atoms with Crippen molar-refractivity contribution in [3.05, 3.63) is 17.5 Å². The number of hydrogen-bond acceptors (Lipinski definition) is 5. The summed E-state index contributed by atoms with van der Waals surface area (Å²) in [7, 11) is 1.33. The second-order valence-electron chi connectivity index (χ2n) is 4.37. The van der Waals surface area contributed by atoms with Crippen molar-refractivity contribution in [2.45, 2.75) is 32.2 Å². The molecule has 6 nitrogen and oxygen atoms in total. The standard InChI is InChI=1S/C12H16N2O4/c1-8-7-10(18-13-8)11(15)14-6-4-3-5-9(14)12(16)17-2/h7,9H,3-6H2,1-2H3/t9-/m1/s1. The van der Waals surface area contributed by atoms with E-state index in [1.54, 1.807) is 13.0 Å². The molecule has 0 aliphatic carbocycles. The van der Waals surface area contributed by atoms with Crippen LogP contribution < -0.4 is 0 Å². The summed E-state index contributed by atoms with van der Waals surface area (Å²) in [5, 5.41) is 3.68. The molecule has 0 spiro atoms. The van der Waals surface area contributed by atoms with Crippen molar-refractivity contribution in [3.8, 4) is 0 Å². The first-order valence-corrected chi connectivity index (χ1v) is 5.95. The van der Waals surface area contributed by atoms with Gasteiger partial charge in [0.25, 0.3) is 5.91 Å². The van der Waals surface area contributed by atoms with E-state index in [0.29, 0.717) is 18.7 Å². The van der Waals surface area contributed by atoms with Gasteiger partial charge in [0.15, 0.2) is 0 Å². The fourth-order valence-electron chi connectivity index (χ4n) is 2.16. The Hall–Kier alpha value is -1.85. The van der Waals surface area contributed by atoms with E-state index < -0.39 is 6.04 Å². The SMILES string of the molecule is COC(=O)[C@H]1CCCCN1C(=O)c1cc(C)no1. The van der Waals surface area contributed by atoms with E-state index in [4.69, 9.17) is 9.26 Å². The van der Waals surface area contributed by atoms with Gasteiger partial charge < -0.3 is 14.2 Å². The zero-order valence-corrected chi connectivity index (χ0v) is 10.5. The Labute approximate surface area is 105 Å². The van der Waals surface area contributed by atoms with Crippen molar-refractivity contribution >= 4 is 11.9 Å². The summed E-state index contributed by atoms with van der Waals surface area (Å²) in [5.74, 6) is -0.506. The summed E-state index contributed by atoms with van der Waals surface area (Å²) in [6.07, 6.45) is 2.43. The van der Waals surface area contributed by atoms with Crippen LogP contribution in [0.3, 0.4) is 0 Å². The Balaban J connectivity index is 2.18. The number of methoxy groups -OCH3 is 1. The number of carbonyl (C=O) groups excluding carboxylic acids is 2. The molecule has 1 aliphatic heterocycles. The highest BCUT2D eigenvalue weighted by molar-refractivity contribution is 5.94. The van der Waals surface area contributed by atoms with Crippen LogP contribution in [0.2, 0.25) is 0 Å². The van der Waals surface area contributed by atoms with E-state index in [0.717, 1.165) is 12.8 Å². The van der Waals surface area contributed by atoms with Crippen molar-refractivity contribution in [1.29, 1.82) is 0 Å². The largest absolute Gasteiger partial charge is 0.467 e. The van der Waals surface area contributed by atoms with Crippen molar-refractivity contribution in [3.63, 3.8) is 0 Å². The molecule has 0 unspecified atom stereocenters. The molecule has 0 saturated carbocycles. The lowest BCUT2D eigenvalue weighted by Gasteiger charge is -2.32. The van der Waals surface area contributed by atoms with Crippen LogP contribution in [-0.2, 0) is 9.53 Å².